The van der Waals surface area contributed by atoms with Gasteiger partial charge in [0.25, 0.3) is 0 Å². The zero-order valence-electron chi connectivity index (χ0n) is 11.8. The first-order chi connectivity index (χ1) is 9.28. The molecule has 0 bridgehead atoms. The van der Waals surface area contributed by atoms with E-state index >= 15 is 0 Å². The maximum atomic E-state index is 4.33. The third-order valence-electron chi connectivity index (χ3n) is 3.21. The Bertz CT molecular complexity index is 504. The van der Waals surface area contributed by atoms with Crippen LogP contribution in [0.2, 0.25) is 0 Å². The minimum absolute atomic E-state index is 0.325. The summed E-state index contributed by atoms with van der Waals surface area (Å²) in [4.78, 5) is 0. The summed E-state index contributed by atoms with van der Waals surface area (Å²) in [6.45, 7) is 7.41. The molecule has 102 valence electrons. The van der Waals surface area contributed by atoms with Gasteiger partial charge < -0.3 is 5.32 Å². The summed E-state index contributed by atoms with van der Waals surface area (Å²) < 4.78 is 0. The fourth-order valence-corrected chi connectivity index (χ4v) is 3.04. The van der Waals surface area contributed by atoms with Crippen LogP contribution < -0.4 is 5.32 Å². The summed E-state index contributed by atoms with van der Waals surface area (Å²) in [6.07, 6.45) is 2.11. The van der Waals surface area contributed by atoms with Crippen molar-refractivity contribution in [3.8, 4) is 10.6 Å². The Morgan fingerprint density at radius 3 is 2.42 bits per heavy atom. The summed E-state index contributed by atoms with van der Waals surface area (Å²) in [5.41, 5.74) is 2.51. The highest BCUT2D eigenvalue weighted by atomic mass is 32.1. The highest BCUT2D eigenvalue weighted by molar-refractivity contribution is 7.14. The van der Waals surface area contributed by atoms with Gasteiger partial charge >= 0.3 is 0 Å². The first kappa shape index (κ1) is 14.2. The van der Waals surface area contributed by atoms with Crippen LogP contribution in [0.4, 0.5) is 0 Å². The van der Waals surface area contributed by atoms with Crippen LogP contribution >= 0.6 is 11.3 Å². The molecule has 1 atom stereocenters. The molecule has 4 heteroatoms. The lowest BCUT2D eigenvalue weighted by Gasteiger charge is -2.10. The number of hydrogen-bond acceptors (Lipinski definition) is 4. The van der Waals surface area contributed by atoms with E-state index < -0.39 is 0 Å². The molecular weight excluding hydrogens is 254 g/mol. The van der Waals surface area contributed by atoms with Crippen LogP contribution in [-0.4, -0.2) is 16.7 Å². The zero-order chi connectivity index (χ0) is 13.7. The van der Waals surface area contributed by atoms with Crippen LogP contribution in [0.15, 0.2) is 24.3 Å². The van der Waals surface area contributed by atoms with Crippen molar-refractivity contribution >= 4 is 11.3 Å². The van der Waals surface area contributed by atoms with E-state index in [9.17, 15) is 0 Å². The Morgan fingerprint density at radius 2 is 1.84 bits per heavy atom. The molecule has 0 saturated carbocycles. The molecule has 1 aromatic heterocycles. The van der Waals surface area contributed by atoms with Crippen molar-refractivity contribution in [2.75, 3.05) is 6.54 Å². The average Bonchev–Trinajstić information content (AvgIpc) is 2.94. The summed E-state index contributed by atoms with van der Waals surface area (Å²) in [6, 6.07) is 8.93. The van der Waals surface area contributed by atoms with Gasteiger partial charge in [-0.2, -0.15) is 0 Å². The molecule has 19 heavy (non-hydrogen) atoms. The highest BCUT2D eigenvalue weighted by Gasteiger charge is 2.14. The number of nitrogens with zero attached hydrogens (tertiary/aromatic N) is 2. The molecule has 1 unspecified atom stereocenters. The van der Waals surface area contributed by atoms with E-state index in [0.29, 0.717) is 6.04 Å². The Hall–Kier alpha value is -1.26. The molecule has 0 aliphatic rings. The fourth-order valence-electron chi connectivity index (χ4n) is 2.03. The number of aryl methyl sites for hydroxylation is 1. The molecule has 1 aromatic carbocycles. The van der Waals surface area contributed by atoms with Gasteiger partial charge in [-0.3, -0.25) is 0 Å². The van der Waals surface area contributed by atoms with Crippen molar-refractivity contribution in [1.29, 1.82) is 0 Å². The molecule has 0 radical (unpaired) electrons. The van der Waals surface area contributed by atoms with E-state index in [1.807, 2.05) is 0 Å². The van der Waals surface area contributed by atoms with Crippen LogP contribution in [0.5, 0.6) is 0 Å². The summed E-state index contributed by atoms with van der Waals surface area (Å²) >= 11 is 1.69. The van der Waals surface area contributed by atoms with Crippen molar-refractivity contribution in [3.63, 3.8) is 0 Å². The number of hydrogen-bond donors (Lipinski definition) is 1. The van der Waals surface area contributed by atoms with Crippen molar-refractivity contribution in [3.05, 3.63) is 34.8 Å². The second kappa shape index (κ2) is 6.78. The van der Waals surface area contributed by atoms with Gasteiger partial charge in [0.15, 0.2) is 0 Å². The molecular formula is C15H21N3S. The van der Waals surface area contributed by atoms with Crippen LogP contribution in [0.3, 0.4) is 0 Å². The minimum Gasteiger partial charge on any atom is -0.308 e. The van der Waals surface area contributed by atoms with Crippen LogP contribution in [0, 0.1) is 0 Å². The molecule has 0 aliphatic carbocycles. The molecule has 0 amide bonds. The van der Waals surface area contributed by atoms with E-state index in [2.05, 4.69) is 60.6 Å². The third-order valence-corrected chi connectivity index (χ3v) is 4.29. The Kier molecular flexibility index (Phi) is 5.05. The normalized spacial score (nSPS) is 12.6. The lowest BCUT2D eigenvalue weighted by Crippen LogP contribution is -2.19. The maximum absolute atomic E-state index is 4.33. The lowest BCUT2D eigenvalue weighted by atomic mass is 10.1. The first-order valence-electron chi connectivity index (χ1n) is 6.94. The largest absolute Gasteiger partial charge is 0.308 e. The molecule has 2 aromatic rings. The second-order valence-corrected chi connectivity index (χ2v) is 5.52. The Balaban J connectivity index is 2.19. The van der Waals surface area contributed by atoms with Gasteiger partial charge in [0, 0.05) is 5.56 Å². The van der Waals surface area contributed by atoms with Crippen LogP contribution in [0.25, 0.3) is 10.6 Å². The predicted octanol–water partition coefficient (Wildman–Crippen LogP) is 3.83. The van der Waals surface area contributed by atoms with Crippen molar-refractivity contribution in [2.24, 2.45) is 0 Å². The zero-order valence-corrected chi connectivity index (χ0v) is 12.6. The molecule has 0 fully saturated rings. The highest BCUT2D eigenvalue weighted by Crippen LogP contribution is 2.28. The number of benzene rings is 1. The Labute approximate surface area is 119 Å². The van der Waals surface area contributed by atoms with Crippen LogP contribution in [0.1, 0.15) is 43.8 Å². The number of rotatable bonds is 6. The molecule has 2 rings (SSSR count). The van der Waals surface area contributed by atoms with Crippen molar-refractivity contribution in [2.45, 2.75) is 39.7 Å². The van der Waals surface area contributed by atoms with E-state index in [1.165, 1.54) is 5.56 Å². The molecule has 0 saturated heterocycles. The molecule has 3 nitrogen and oxygen atoms in total. The smallest absolute Gasteiger partial charge is 0.147 e. The summed E-state index contributed by atoms with van der Waals surface area (Å²) in [5.74, 6) is 0. The van der Waals surface area contributed by atoms with Gasteiger partial charge in [-0.25, -0.2) is 0 Å². The van der Waals surface area contributed by atoms with Gasteiger partial charge in [-0.15, -0.1) is 10.2 Å². The molecule has 0 spiro atoms. The van der Waals surface area contributed by atoms with Gasteiger partial charge in [-0.1, -0.05) is 56.4 Å². The maximum Gasteiger partial charge on any atom is 0.147 e. The average molecular weight is 275 g/mol. The first-order valence-corrected chi connectivity index (χ1v) is 7.76. The third kappa shape index (κ3) is 3.39. The topological polar surface area (TPSA) is 37.8 Å². The fraction of sp³-hybridized carbons (Fsp3) is 0.467. The van der Waals surface area contributed by atoms with E-state index in [1.54, 1.807) is 11.3 Å². The quantitative estimate of drug-likeness (QED) is 0.870. The predicted molar refractivity (Wildman–Crippen MR) is 81.4 cm³/mol. The molecule has 1 N–H and O–H groups in total. The molecule has 0 aliphatic heterocycles. The van der Waals surface area contributed by atoms with Gasteiger partial charge in [0.05, 0.1) is 6.04 Å². The SMILES string of the molecule is CCNC(CC)c1nnc(-c2ccc(CC)cc2)s1. The number of nitrogens with one attached hydrogen (secondary N) is 1. The minimum atomic E-state index is 0.325. The number of aromatic nitrogens is 2. The summed E-state index contributed by atoms with van der Waals surface area (Å²) in [5, 5.41) is 14.2. The van der Waals surface area contributed by atoms with E-state index in [-0.39, 0.29) is 0 Å². The van der Waals surface area contributed by atoms with Gasteiger partial charge in [0.2, 0.25) is 0 Å². The lowest BCUT2D eigenvalue weighted by molar-refractivity contribution is 0.531. The van der Waals surface area contributed by atoms with E-state index in [0.717, 1.165) is 35.0 Å². The monoisotopic (exact) mass is 275 g/mol. The van der Waals surface area contributed by atoms with Gasteiger partial charge in [-0.05, 0) is 24.9 Å². The van der Waals surface area contributed by atoms with E-state index in [4.69, 9.17) is 0 Å². The van der Waals surface area contributed by atoms with Gasteiger partial charge in [0.1, 0.15) is 10.0 Å². The summed E-state index contributed by atoms with van der Waals surface area (Å²) in [7, 11) is 0. The Morgan fingerprint density at radius 1 is 1.11 bits per heavy atom. The van der Waals surface area contributed by atoms with Crippen molar-refractivity contribution in [1.82, 2.24) is 15.5 Å². The van der Waals surface area contributed by atoms with Crippen LogP contribution in [-0.2, 0) is 6.42 Å². The van der Waals surface area contributed by atoms with Crippen molar-refractivity contribution < 1.29 is 0 Å². The molecule has 1 heterocycles. The second-order valence-electron chi connectivity index (χ2n) is 4.51. The standard InChI is InChI=1S/C15H21N3S/c1-4-11-7-9-12(10-8-11)14-17-18-15(19-14)13(5-2)16-6-3/h7-10,13,16H,4-6H2,1-3H3.